The minimum atomic E-state index is -1.30. The summed E-state index contributed by atoms with van der Waals surface area (Å²) in [5.74, 6) is 0.613. The fourth-order valence-corrected chi connectivity index (χ4v) is 3.93. The Morgan fingerprint density at radius 3 is 2.41 bits per heavy atom. The quantitative estimate of drug-likeness (QED) is 0.677. The van der Waals surface area contributed by atoms with Crippen molar-refractivity contribution in [1.29, 1.82) is 0 Å². The number of benzene rings is 2. The van der Waals surface area contributed by atoms with E-state index in [-0.39, 0.29) is 19.4 Å². The van der Waals surface area contributed by atoms with Gasteiger partial charge in [-0.15, -0.1) is 0 Å². The number of carbonyl (C=O) groups is 3. The summed E-state index contributed by atoms with van der Waals surface area (Å²) in [5.41, 5.74) is 1.43. The highest BCUT2D eigenvalue weighted by Gasteiger charge is 2.50. The van der Waals surface area contributed by atoms with E-state index in [0.29, 0.717) is 23.0 Å². The van der Waals surface area contributed by atoms with E-state index < -0.39 is 23.4 Å². The van der Waals surface area contributed by atoms with Gasteiger partial charge in [0, 0.05) is 0 Å². The maximum absolute atomic E-state index is 13.1. The lowest BCUT2D eigenvalue weighted by Gasteiger charge is -2.22. The van der Waals surface area contributed by atoms with Crippen molar-refractivity contribution >= 4 is 17.8 Å². The number of rotatable bonds is 6. The molecule has 2 heterocycles. The number of nitrogens with zero attached hydrogens (tertiary/aromatic N) is 1. The molecule has 0 bridgehead atoms. The van der Waals surface area contributed by atoms with E-state index in [1.165, 1.54) is 5.56 Å². The minimum absolute atomic E-state index is 0.112. The van der Waals surface area contributed by atoms with Gasteiger partial charge in [-0.3, -0.25) is 14.5 Å². The monoisotopic (exact) mass is 437 g/mol. The molecule has 4 amide bonds. The lowest BCUT2D eigenvalue weighted by Crippen LogP contribution is -2.43. The van der Waals surface area contributed by atoms with Crippen molar-refractivity contribution in [1.82, 2.24) is 15.5 Å². The van der Waals surface area contributed by atoms with Gasteiger partial charge < -0.3 is 20.1 Å². The molecule has 8 nitrogen and oxygen atoms in total. The van der Waals surface area contributed by atoms with E-state index >= 15 is 0 Å². The first-order chi connectivity index (χ1) is 15.2. The van der Waals surface area contributed by atoms with Gasteiger partial charge in [0.15, 0.2) is 11.5 Å². The summed E-state index contributed by atoms with van der Waals surface area (Å²) in [5, 5.41) is 5.57. The lowest BCUT2D eigenvalue weighted by atomic mass is 9.91. The topological polar surface area (TPSA) is 97.0 Å². The number of urea groups is 1. The Hall–Kier alpha value is -3.55. The molecule has 2 aliphatic heterocycles. The van der Waals surface area contributed by atoms with Gasteiger partial charge in [-0.2, -0.15) is 0 Å². The van der Waals surface area contributed by atoms with Crippen molar-refractivity contribution in [2.24, 2.45) is 0 Å². The SMILES string of the molecule is CC(C)c1ccc([C@@H](C)NC(=O)CN2C(=O)N[C@](C)(c3ccc4c(c3)OCO4)C2=O)cc1. The molecule has 0 aliphatic carbocycles. The number of ether oxygens (including phenoxy) is 2. The molecule has 0 unspecified atom stereocenters. The third kappa shape index (κ3) is 3.88. The molecule has 168 valence electrons. The zero-order valence-corrected chi connectivity index (χ0v) is 18.6. The highest BCUT2D eigenvalue weighted by Crippen LogP contribution is 2.37. The van der Waals surface area contributed by atoms with Crippen LogP contribution in [0.5, 0.6) is 11.5 Å². The number of hydrogen-bond donors (Lipinski definition) is 2. The van der Waals surface area contributed by atoms with Crippen LogP contribution in [0.1, 0.15) is 56.3 Å². The molecular weight excluding hydrogens is 410 g/mol. The molecule has 2 aromatic carbocycles. The summed E-state index contributed by atoms with van der Waals surface area (Å²) in [6.45, 7) is 7.47. The number of carbonyl (C=O) groups excluding carboxylic acids is 3. The van der Waals surface area contributed by atoms with Crippen LogP contribution < -0.4 is 20.1 Å². The number of fused-ring (bicyclic) bond motifs is 1. The molecule has 8 heteroatoms. The molecular formula is C24H27N3O5. The van der Waals surface area contributed by atoms with Crippen LogP contribution in [0.25, 0.3) is 0 Å². The van der Waals surface area contributed by atoms with Gasteiger partial charge in [0.2, 0.25) is 12.7 Å². The molecule has 0 spiro atoms. The molecule has 2 atom stereocenters. The van der Waals surface area contributed by atoms with Gasteiger partial charge in [-0.25, -0.2) is 4.79 Å². The molecule has 1 saturated heterocycles. The van der Waals surface area contributed by atoms with Crippen molar-refractivity contribution in [3.05, 3.63) is 59.2 Å². The summed E-state index contributed by atoms with van der Waals surface area (Å²) >= 11 is 0. The van der Waals surface area contributed by atoms with Crippen molar-refractivity contribution in [2.45, 2.75) is 45.2 Å². The van der Waals surface area contributed by atoms with E-state index in [4.69, 9.17) is 9.47 Å². The summed E-state index contributed by atoms with van der Waals surface area (Å²) in [7, 11) is 0. The minimum Gasteiger partial charge on any atom is -0.454 e. The van der Waals surface area contributed by atoms with Crippen LogP contribution in [0, 0.1) is 0 Å². The first kappa shape index (κ1) is 21.7. The average Bonchev–Trinajstić information content (AvgIpc) is 3.32. The Morgan fingerprint density at radius 2 is 1.72 bits per heavy atom. The van der Waals surface area contributed by atoms with Crippen LogP contribution in [0.3, 0.4) is 0 Å². The highest BCUT2D eigenvalue weighted by atomic mass is 16.7. The fraction of sp³-hybridized carbons (Fsp3) is 0.375. The van der Waals surface area contributed by atoms with Gasteiger partial charge in [0.05, 0.1) is 6.04 Å². The fourth-order valence-electron chi connectivity index (χ4n) is 3.93. The largest absolute Gasteiger partial charge is 0.454 e. The molecule has 2 aliphatic rings. The molecule has 4 rings (SSSR count). The van der Waals surface area contributed by atoms with Gasteiger partial charge >= 0.3 is 6.03 Å². The smallest absolute Gasteiger partial charge is 0.325 e. The molecule has 1 fully saturated rings. The van der Waals surface area contributed by atoms with E-state index in [9.17, 15) is 14.4 Å². The normalized spacial score (nSPS) is 20.5. The Bertz CT molecular complexity index is 1070. The second-order valence-corrected chi connectivity index (χ2v) is 8.63. The van der Waals surface area contributed by atoms with Crippen molar-refractivity contribution in [3.8, 4) is 11.5 Å². The Morgan fingerprint density at radius 1 is 1.06 bits per heavy atom. The second-order valence-electron chi connectivity index (χ2n) is 8.63. The summed E-state index contributed by atoms with van der Waals surface area (Å²) in [6, 6.07) is 12.2. The predicted octanol–water partition coefficient (Wildman–Crippen LogP) is 3.18. The molecule has 0 radical (unpaired) electrons. The summed E-state index contributed by atoms with van der Waals surface area (Å²) in [6.07, 6.45) is 0. The zero-order valence-electron chi connectivity index (χ0n) is 18.6. The first-order valence-corrected chi connectivity index (χ1v) is 10.6. The van der Waals surface area contributed by atoms with Gasteiger partial charge in [0.25, 0.3) is 5.91 Å². The van der Waals surface area contributed by atoms with Crippen molar-refractivity contribution in [2.75, 3.05) is 13.3 Å². The first-order valence-electron chi connectivity index (χ1n) is 10.6. The molecule has 32 heavy (non-hydrogen) atoms. The average molecular weight is 437 g/mol. The Labute approximate surface area is 186 Å². The number of imide groups is 1. The zero-order chi connectivity index (χ0) is 23.0. The maximum Gasteiger partial charge on any atom is 0.325 e. The van der Waals surface area contributed by atoms with Crippen LogP contribution >= 0.6 is 0 Å². The molecule has 2 aromatic rings. The van der Waals surface area contributed by atoms with Crippen molar-refractivity contribution in [3.63, 3.8) is 0 Å². The van der Waals surface area contributed by atoms with Crippen LogP contribution in [0.4, 0.5) is 4.79 Å². The van der Waals surface area contributed by atoms with Gasteiger partial charge in [-0.05, 0) is 48.6 Å². The van der Waals surface area contributed by atoms with Gasteiger partial charge in [-0.1, -0.05) is 44.2 Å². The number of nitrogens with one attached hydrogen (secondary N) is 2. The third-order valence-electron chi connectivity index (χ3n) is 6.01. The van der Waals surface area contributed by atoms with Crippen molar-refractivity contribution < 1.29 is 23.9 Å². The second kappa shape index (κ2) is 8.18. The van der Waals surface area contributed by atoms with E-state index in [1.807, 2.05) is 31.2 Å². The molecule has 2 N–H and O–H groups in total. The van der Waals surface area contributed by atoms with Crippen LogP contribution in [-0.4, -0.2) is 36.1 Å². The van der Waals surface area contributed by atoms with E-state index in [1.54, 1.807) is 25.1 Å². The number of hydrogen-bond acceptors (Lipinski definition) is 5. The molecule has 0 saturated carbocycles. The standard InChI is InChI=1S/C24H27N3O5/c1-14(2)16-5-7-17(8-6-16)15(3)25-21(28)12-27-22(29)24(4,26-23(27)30)18-9-10-19-20(11-18)32-13-31-19/h5-11,14-15H,12-13H2,1-4H3,(H,25,28)(H,26,30)/t15-,24-/m1/s1. The predicted molar refractivity (Wildman–Crippen MR) is 117 cm³/mol. The third-order valence-corrected chi connectivity index (χ3v) is 6.01. The summed E-state index contributed by atoms with van der Waals surface area (Å²) < 4.78 is 10.7. The van der Waals surface area contributed by atoms with E-state index in [2.05, 4.69) is 24.5 Å². The van der Waals surface area contributed by atoms with E-state index in [0.717, 1.165) is 10.5 Å². The van der Waals surface area contributed by atoms with Crippen LogP contribution in [0.2, 0.25) is 0 Å². The lowest BCUT2D eigenvalue weighted by molar-refractivity contribution is -0.135. The maximum atomic E-state index is 13.1. The Kier molecular flexibility index (Phi) is 5.54. The van der Waals surface area contributed by atoms with Crippen LogP contribution in [-0.2, 0) is 15.1 Å². The molecule has 0 aromatic heterocycles. The van der Waals surface area contributed by atoms with Gasteiger partial charge in [0.1, 0.15) is 12.1 Å². The number of amides is 4. The highest BCUT2D eigenvalue weighted by molar-refractivity contribution is 6.09. The van der Waals surface area contributed by atoms with Crippen LogP contribution in [0.15, 0.2) is 42.5 Å². The Balaban J connectivity index is 1.43. The summed E-state index contributed by atoms with van der Waals surface area (Å²) in [4.78, 5) is 39.2.